The van der Waals surface area contributed by atoms with Crippen molar-refractivity contribution in [2.45, 2.75) is 39.2 Å². The maximum absolute atomic E-state index is 11.7. The summed E-state index contributed by atoms with van der Waals surface area (Å²) >= 11 is 0. The van der Waals surface area contributed by atoms with E-state index in [-0.39, 0.29) is 12.0 Å². The zero-order valence-electron chi connectivity index (χ0n) is 9.62. The Morgan fingerprint density at radius 2 is 2.20 bits per heavy atom. The molecule has 4 heteroatoms. The number of carbonyl (C=O) groups excluding carboxylic acids is 1. The van der Waals surface area contributed by atoms with Gasteiger partial charge >= 0.3 is 0 Å². The second-order valence-electron chi connectivity index (χ2n) is 5.13. The normalized spacial score (nSPS) is 26.7. The van der Waals surface area contributed by atoms with E-state index in [9.17, 15) is 9.90 Å². The summed E-state index contributed by atoms with van der Waals surface area (Å²) < 4.78 is 0. The summed E-state index contributed by atoms with van der Waals surface area (Å²) in [5.74, 6) is 0.434. The molecule has 4 N–H and O–H groups in total. The third kappa shape index (κ3) is 3.47. The molecule has 0 bridgehead atoms. The molecule has 1 aliphatic carbocycles. The second kappa shape index (κ2) is 4.94. The molecule has 88 valence electrons. The largest absolute Gasteiger partial charge is 0.393 e. The first-order valence-electron chi connectivity index (χ1n) is 5.62. The van der Waals surface area contributed by atoms with Gasteiger partial charge in [0.15, 0.2) is 0 Å². The minimum absolute atomic E-state index is 0.00592. The third-order valence-corrected chi connectivity index (χ3v) is 3.19. The number of amides is 1. The standard InChI is InChI=1S/C11H22N2O2/c1-11(2,7-12)10(15)13-6-8-3-4-9(14)5-8/h8-9,14H,3-7,12H2,1-2H3,(H,13,15). The summed E-state index contributed by atoms with van der Waals surface area (Å²) in [5, 5.41) is 12.2. The van der Waals surface area contributed by atoms with E-state index in [4.69, 9.17) is 5.73 Å². The molecule has 2 unspecified atom stereocenters. The molecule has 0 spiro atoms. The molecule has 0 radical (unpaired) electrons. The Kier molecular flexibility index (Phi) is 4.11. The second-order valence-corrected chi connectivity index (χ2v) is 5.13. The lowest BCUT2D eigenvalue weighted by Gasteiger charge is -2.22. The van der Waals surface area contributed by atoms with Gasteiger partial charge < -0.3 is 16.2 Å². The first-order valence-corrected chi connectivity index (χ1v) is 5.62. The molecule has 1 saturated carbocycles. The number of carbonyl (C=O) groups is 1. The number of hydrogen-bond acceptors (Lipinski definition) is 3. The van der Waals surface area contributed by atoms with Crippen LogP contribution in [0.25, 0.3) is 0 Å². The molecule has 15 heavy (non-hydrogen) atoms. The first-order chi connectivity index (χ1) is 6.95. The lowest BCUT2D eigenvalue weighted by molar-refractivity contribution is -0.129. The maximum atomic E-state index is 11.7. The number of hydrogen-bond donors (Lipinski definition) is 3. The molecular formula is C11H22N2O2. The molecule has 0 heterocycles. The molecule has 1 fully saturated rings. The summed E-state index contributed by atoms with van der Waals surface area (Å²) in [6.07, 6.45) is 2.50. The number of aliphatic hydroxyl groups excluding tert-OH is 1. The summed E-state index contributed by atoms with van der Waals surface area (Å²) in [5.41, 5.74) is 5.02. The Morgan fingerprint density at radius 3 is 2.67 bits per heavy atom. The molecule has 0 saturated heterocycles. The lowest BCUT2D eigenvalue weighted by Crippen LogP contribution is -2.43. The Morgan fingerprint density at radius 1 is 1.53 bits per heavy atom. The van der Waals surface area contributed by atoms with E-state index >= 15 is 0 Å². The zero-order chi connectivity index (χ0) is 11.5. The van der Waals surface area contributed by atoms with Gasteiger partial charge in [0.1, 0.15) is 0 Å². The van der Waals surface area contributed by atoms with Crippen LogP contribution in [0, 0.1) is 11.3 Å². The van der Waals surface area contributed by atoms with Crippen molar-refractivity contribution in [2.24, 2.45) is 17.1 Å². The van der Waals surface area contributed by atoms with Gasteiger partial charge in [0.05, 0.1) is 11.5 Å². The summed E-state index contributed by atoms with van der Waals surface area (Å²) in [6.45, 7) is 4.70. The van der Waals surface area contributed by atoms with Crippen LogP contribution in [-0.4, -0.2) is 30.2 Å². The fraction of sp³-hybridized carbons (Fsp3) is 0.909. The SMILES string of the molecule is CC(C)(CN)C(=O)NCC1CCC(O)C1. The van der Waals surface area contributed by atoms with Crippen LogP contribution in [0.1, 0.15) is 33.1 Å². The third-order valence-electron chi connectivity index (χ3n) is 3.19. The van der Waals surface area contributed by atoms with Crippen molar-refractivity contribution < 1.29 is 9.90 Å². The molecule has 0 aromatic heterocycles. The van der Waals surface area contributed by atoms with E-state index in [2.05, 4.69) is 5.32 Å². The predicted octanol–water partition coefficient (Wildman–Crippen LogP) is 0.249. The van der Waals surface area contributed by atoms with Gasteiger partial charge in [0.2, 0.25) is 5.91 Å². The van der Waals surface area contributed by atoms with Gasteiger partial charge in [-0.2, -0.15) is 0 Å². The highest BCUT2D eigenvalue weighted by molar-refractivity contribution is 5.82. The first kappa shape index (κ1) is 12.5. The Balaban J connectivity index is 2.28. The fourth-order valence-corrected chi connectivity index (χ4v) is 1.80. The van der Waals surface area contributed by atoms with Crippen LogP contribution in [0.2, 0.25) is 0 Å². The van der Waals surface area contributed by atoms with E-state index in [0.29, 0.717) is 19.0 Å². The monoisotopic (exact) mass is 214 g/mol. The van der Waals surface area contributed by atoms with E-state index in [1.807, 2.05) is 13.8 Å². The summed E-state index contributed by atoms with van der Waals surface area (Å²) in [7, 11) is 0. The highest BCUT2D eigenvalue weighted by atomic mass is 16.3. The van der Waals surface area contributed by atoms with Crippen molar-refractivity contribution in [3.63, 3.8) is 0 Å². The van der Waals surface area contributed by atoms with Gasteiger partial charge in [-0.3, -0.25) is 4.79 Å². The molecule has 4 nitrogen and oxygen atoms in total. The predicted molar refractivity (Wildman–Crippen MR) is 59.2 cm³/mol. The van der Waals surface area contributed by atoms with Crippen LogP contribution in [-0.2, 0) is 4.79 Å². The molecule has 1 aliphatic rings. The van der Waals surface area contributed by atoms with Gasteiger partial charge in [0.25, 0.3) is 0 Å². The number of nitrogens with one attached hydrogen (secondary N) is 1. The average Bonchev–Trinajstić information content (AvgIpc) is 2.60. The molecule has 0 aliphatic heterocycles. The van der Waals surface area contributed by atoms with Crippen molar-refractivity contribution >= 4 is 5.91 Å². The zero-order valence-corrected chi connectivity index (χ0v) is 9.62. The summed E-state index contributed by atoms with van der Waals surface area (Å²) in [6, 6.07) is 0. The van der Waals surface area contributed by atoms with Crippen LogP contribution >= 0.6 is 0 Å². The van der Waals surface area contributed by atoms with Crippen molar-refractivity contribution in [1.82, 2.24) is 5.32 Å². The topological polar surface area (TPSA) is 75.4 Å². The quantitative estimate of drug-likeness (QED) is 0.628. The van der Waals surface area contributed by atoms with Crippen molar-refractivity contribution in [3.05, 3.63) is 0 Å². The molecule has 0 aromatic carbocycles. The van der Waals surface area contributed by atoms with Crippen LogP contribution in [0.3, 0.4) is 0 Å². The molecule has 0 aromatic rings. The van der Waals surface area contributed by atoms with Crippen LogP contribution in [0.15, 0.2) is 0 Å². The highest BCUT2D eigenvalue weighted by Gasteiger charge is 2.28. The van der Waals surface area contributed by atoms with Gasteiger partial charge in [-0.25, -0.2) is 0 Å². The Hall–Kier alpha value is -0.610. The smallest absolute Gasteiger partial charge is 0.226 e. The number of nitrogens with two attached hydrogens (primary N) is 1. The van der Waals surface area contributed by atoms with E-state index < -0.39 is 5.41 Å². The molecule has 1 rings (SSSR count). The molecule has 1 amide bonds. The van der Waals surface area contributed by atoms with Crippen molar-refractivity contribution in [3.8, 4) is 0 Å². The van der Waals surface area contributed by atoms with Crippen LogP contribution < -0.4 is 11.1 Å². The van der Waals surface area contributed by atoms with Gasteiger partial charge in [-0.05, 0) is 39.0 Å². The lowest BCUT2D eigenvalue weighted by atomic mass is 9.92. The van der Waals surface area contributed by atoms with Crippen molar-refractivity contribution in [2.75, 3.05) is 13.1 Å². The Labute approximate surface area is 91.2 Å². The molecular weight excluding hydrogens is 192 g/mol. The summed E-state index contributed by atoms with van der Waals surface area (Å²) in [4.78, 5) is 11.7. The number of aliphatic hydroxyl groups is 1. The van der Waals surface area contributed by atoms with Gasteiger partial charge in [-0.1, -0.05) is 0 Å². The maximum Gasteiger partial charge on any atom is 0.226 e. The highest BCUT2D eigenvalue weighted by Crippen LogP contribution is 2.24. The van der Waals surface area contributed by atoms with Crippen LogP contribution in [0.5, 0.6) is 0 Å². The van der Waals surface area contributed by atoms with Crippen molar-refractivity contribution in [1.29, 1.82) is 0 Å². The fourth-order valence-electron chi connectivity index (χ4n) is 1.80. The van der Waals surface area contributed by atoms with E-state index in [0.717, 1.165) is 19.3 Å². The van der Waals surface area contributed by atoms with E-state index in [1.54, 1.807) is 0 Å². The molecule has 2 atom stereocenters. The van der Waals surface area contributed by atoms with Gasteiger partial charge in [-0.15, -0.1) is 0 Å². The number of rotatable bonds is 4. The van der Waals surface area contributed by atoms with Gasteiger partial charge in [0, 0.05) is 13.1 Å². The van der Waals surface area contributed by atoms with Crippen LogP contribution in [0.4, 0.5) is 0 Å². The Bertz CT molecular complexity index is 229. The minimum Gasteiger partial charge on any atom is -0.393 e. The van der Waals surface area contributed by atoms with E-state index in [1.165, 1.54) is 0 Å². The minimum atomic E-state index is -0.489. The average molecular weight is 214 g/mol.